The van der Waals surface area contributed by atoms with Crippen molar-refractivity contribution in [1.29, 1.82) is 0 Å². The van der Waals surface area contributed by atoms with Gasteiger partial charge in [-0.15, -0.1) is 0 Å². The summed E-state index contributed by atoms with van der Waals surface area (Å²) in [6, 6.07) is 0. The number of carbonyl (C=O) groups is 1. The molecule has 0 aromatic rings. The Morgan fingerprint density at radius 1 is 0.359 bits per heavy atom. The summed E-state index contributed by atoms with van der Waals surface area (Å²) >= 11 is 4.28. The van der Waals surface area contributed by atoms with Crippen LogP contribution in [0.5, 0.6) is 0 Å². The van der Waals surface area contributed by atoms with Gasteiger partial charge in [-0.05, 0) is 18.6 Å². The fourth-order valence-corrected chi connectivity index (χ4v) is 5.98. The Kier molecular flexibility index (Phi) is 35.6. The first-order valence-corrected chi connectivity index (χ1v) is 18.5. The predicted molar refractivity (Wildman–Crippen MR) is 176 cm³/mol. The van der Waals surface area contributed by atoms with E-state index < -0.39 is 0 Å². The van der Waals surface area contributed by atoms with Crippen LogP contribution in [0.15, 0.2) is 0 Å². The Balaban J connectivity index is 3.03. The van der Waals surface area contributed by atoms with E-state index in [-0.39, 0.29) is 5.91 Å². The van der Waals surface area contributed by atoms with E-state index in [1.165, 1.54) is 193 Å². The van der Waals surface area contributed by atoms with E-state index in [1.54, 1.807) is 5.48 Å². The maximum Gasteiger partial charge on any atom is 0.243 e. The molecule has 0 radical (unpaired) electrons. The lowest BCUT2D eigenvalue weighted by Crippen LogP contribution is -2.17. The fraction of sp³-hybridized carbons (Fsp3) is 0.971. The SMILES string of the molecule is O=C(CCCCCCCCCCCCCCCCCCCCCCCCCCCCCCCCCCS)NO. The first kappa shape index (κ1) is 38.8. The molecule has 0 aliphatic carbocycles. The van der Waals surface area contributed by atoms with Gasteiger partial charge in [0.15, 0.2) is 0 Å². The second-order valence-corrected chi connectivity index (χ2v) is 12.8. The molecule has 1 amide bonds. The molecule has 2 N–H and O–H groups in total. The highest BCUT2D eigenvalue weighted by Crippen LogP contribution is 2.17. The molecule has 0 aliphatic heterocycles. The second kappa shape index (κ2) is 35.8. The van der Waals surface area contributed by atoms with Gasteiger partial charge in [0.2, 0.25) is 5.91 Å². The van der Waals surface area contributed by atoms with Crippen molar-refractivity contribution in [3.8, 4) is 0 Å². The van der Waals surface area contributed by atoms with Gasteiger partial charge in [-0.3, -0.25) is 10.0 Å². The molecular weight excluding hydrogens is 498 g/mol. The number of thiol groups is 1. The molecule has 0 rings (SSSR count). The Hall–Kier alpha value is -0.220. The molecule has 0 aromatic heterocycles. The van der Waals surface area contributed by atoms with E-state index in [0.29, 0.717) is 6.42 Å². The minimum Gasteiger partial charge on any atom is -0.289 e. The van der Waals surface area contributed by atoms with E-state index in [4.69, 9.17) is 5.21 Å². The molecule has 234 valence electrons. The fourth-order valence-electron chi connectivity index (χ4n) is 5.76. The van der Waals surface area contributed by atoms with E-state index >= 15 is 0 Å². The summed E-state index contributed by atoms with van der Waals surface area (Å²) in [6.45, 7) is 0. The summed E-state index contributed by atoms with van der Waals surface area (Å²) in [6.07, 6.45) is 45.2. The number of hydrogen-bond acceptors (Lipinski definition) is 3. The van der Waals surface area contributed by atoms with Crippen LogP contribution in [0.1, 0.15) is 212 Å². The van der Waals surface area contributed by atoms with Crippen LogP contribution in [0.25, 0.3) is 0 Å². The van der Waals surface area contributed by atoms with Gasteiger partial charge in [0.1, 0.15) is 0 Å². The first-order valence-electron chi connectivity index (χ1n) is 17.8. The van der Waals surface area contributed by atoms with Crippen molar-refractivity contribution >= 4 is 18.5 Å². The summed E-state index contributed by atoms with van der Waals surface area (Å²) < 4.78 is 0. The van der Waals surface area contributed by atoms with Crippen molar-refractivity contribution in [3.63, 3.8) is 0 Å². The van der Waals surface area contributed by atoms with E-state index in [9.17, 15) is 4.79 Å². The van der Waals surface area contributed by atoms with Gasteiger partial charge in [-0.25, -0.2) is 5.48 Å². The number of unbranched alkanes of at least 4 members (excludes halogenated alkanes) is 31. The Bertz CT molecular complexity index is 460. The number of rotatable bonds is 34. The summed E-state index contributed by atoms with van der Waals surface area (Å²) in [5.74, 6) is 0.806. The van der Waals surface area contributed by atoms with Crippen molar-refractivity contribution in [2.75, 3.05) is 5.75 Å². The molecule has 0 atom stereocenters. The van der Waals surface area contributed by atoms with E-state index in [2.05, 4.69) is 12.6 Å². The molecule has 0 aromatic carbocycles. The second-order valence-electron chi connectivity index (χ2n) is 12.3. The summed E-state index contributed by atoms with van der Waals surface area (Å²) in [5, 5.41) is 8.45. The van der Waals surface area contributed by atoms with Crippen LogP contribution in [-0.2, 0) is 4.79 Å². The zero-order chi connectivity index (χ0) is 28.3. The third-order valence-corrected chi connectivity index (χ3v) is 8.75. The minimum atomic E-state index is -0.255. The van der Waals surface area contributed by atoms with Gasteiger partial charge in [-0.1, -0.05) is 193 Å². The molecule has 0 spiro atoms. The molecule has 0 saturated heterocycles. The van der Waals surface area contributed by atoms with E-state index in [0.717, 1.165) is 18.6 Å². The number of amides is 1. The molecule has 4 heteroatoms. The van der Waals surface area contributed by atoms with Crippen molar-refractivity contribution in [2.45, 2.75) is 212 Å². The van der Waals surface area contributed by atoms with Crippen molar-refractivity contribution in [1.82, 2.24) is 5.48 Å². The minimum absolute atomic E-state index is 0.255. The third-order valence-electron chi connectivity index (χ3n) is 8.44. The van der Waals surface area contributed by atoms with Crippen molar-refractivity contribution < 1.29 is 10.0 Å². The van der Waals surface area contributed by atoms with Gasteiger partial charge < -0.3 is 0 Å². The number of nitrogens with one attached hydrogen (secondary N) is 1. The zero-order valence-corrected chi connectivity index (χ0v) is 27.2. The molecular formula is C35H71NO2S. The molecule has 0 heterocycles. The Morgan fingerprint density at radius 3 is 0.718 bits per heavy atom. The highest BCUT2D eigenvalue weighted by molar-refractivity contribution is 7.80. The summed E-state index contributed by atoms with van der Waals surface area (Å²) in [7, 11) is 0. The topological polar surface area (TPSA) is 49.3 Å². The van der Waals surface area contributed by atoms with Gasteiger partial charge >= 0.3 is 0 Å². The maximum atomic E-state index is 10.9. The smallest absolute Gasteiger partial charge is 0.243 e. The zero-order valence-electron chi connectivity index (χ0n) is 26.3. The van der Waals surface area contributed by atoms with Crippen LogP contribution in [-0.4, -0.2) is 16.9 Å². The molecule has 0 fully saturated rings. The first-order chi connectivity index (χ1) is 19.3. The number of hydroxylamine groups is 1. The monoisotopic (exact) mass is 570 g/mol. The van der Waals surface area contributed by atoms with Crippen LogP contribution in [0.3, 0.4) is 0 Å². The average molecular weight is 570 g/mol. The van der Waals surface area contributed by atoms with Gasteiger partial charge in [0.25, 0.3) is 0 Å². The van der Waals surface area contributed by atoms with Crippen LogP contribution in [0.4, 0.5) is 0 Å². The van der Waals surface area contributed by atoms with Crippen LogP contribution in [0, 0.1) is 0 Å². The lowest BCUT2D eigenvalue weighted by atomic mass is 10.0. The molecule has 3 nitrogen and oxygen atoms in total. The quantitative estimate of drug-likeness (QED) is 0.0312. The standard InChI is InChI=1S/C35H71NO2S/c37-35(36-38)33-31-29-27-25-23-21-19-17-15-13-11-9-7-5-3-1-2-4-6-8-10-12-14-16-18-20-22-24-26-28-30-32-34-39/h38-39H,1-34H2,(H,36,37). The van der Waals surface area contributed by atoms with Crippen LogP contribution >= 0.6 is 12.6 Å². The molecule has 0 saturated carbocycles. The van der Waals surface area contributed by atoms with Gasteiger partial charge in [-0.2, -0.15) is 12.6 Å². The lowest BCUT2D eigenvalue weighted by Gasteiger charge is -2.05. The number of hydrogen-bond donors (Lipinski definition) is 3. The Labute approximate surface area is 251 Å². The normalized spacial score (nSPS) is 11.3. The molecule has 0 aliphatic rings. The highest BCUT2D eigenvalue weighted by Gasteiger charge is 1.99. The predicted octanol–water partition coefficient (Wildman–Crippen LogP) is 12.3. The lowest BCUT2D eigenvalue weighted by molar-refractivity contribution is -0.129. The van der Waals surface area contributed by atoms with Crippen LogP contribution < -0.4 is 5.48 Å². The molecule has 0 bridgehead atoms. The van der Waals surface area contributed by atoms with Crippen LogP contribution in [0.2, 0.25) is 0 Å². The largest absolute Gasteiger partial charge is 0.289 e. The third kappa shape index (κ3) is 35.8. The summed E-state index contributed by atoms with van der Waals surface area (Å²) in [5.41, 5.74) is 1.70. The van der Waals surface area contributed by atoms with E-state index in [1.807, 2.05) is 0 Å². The van der Waals surface area contributed by atoms with Crippen molar-refractivity contribution in [2.24, 2.45) is 0 Å². The highest BCUT2D eigenvalue weighted by atomic mass is 32.1. The number of carbonyl (C=O) groups excluding carboxylic acids is 1. The molecule has 0 unspecified atom stereocenters. The molecule has 39 heavy (non-hydrogen) atoms. The van der Waals surface area contributed by atoms with Gasteiger partial charge in [0.05, 0.1) is 0 Å². The average Bonchev–Trinajstić information content (AvgIpc) is 2.95. The maximum absolute atomic E-state index is 10.9. The Morgan fingerprint density at radius 2 is 0.538 bits per heavy atom. The van der Waals surface area contributed by atoms with Crippen molar-refractivity contribution in [3.05, 3.63) is 0 Å². The van der Waals surface area contributed by atoms with Gasteiger partial charge in [0, 0.05) is 6.42 Å². The summed E-state index contributed by atoms with van der Waals surface area (Å²) in [4.78, 5) is 10.9.